The zero-order chi connectivity index (χ0) is 11.0. The van der Waals surface area contributed by atoms with Crippen LogP contribution in [-0.2, 0) is 4.74 Å². The first-order chi connectivity index (χ1) is 6.22. The number of carbonyl (C=O) groups excluding carboxylic acids is 1. The van der Waals surface area contributed by atoms with Crippen LogP contribution < -0.4 is 5.73 Å². The molecular weight excluding hydrogens is 180 g/mol. The van der Waals surface area contributed by atoms with Gasteiger partial charge in [0, 0.05) is 19.1 Å². The van der Waals surface area contributed by atoms with Gasteiger partial charge >= 0.3 is 6.09 Å². The lowest BCUT2D eigenvalue weighted by Gasteiger charge is -2.26. The Bertz CT molecular complexity index is 229. The Morgan fingerprint density at radius 3 is 2.36 bits per heavy atom. The minimum absolute atomic E-state index is 0.147. The normalized spacial score (nSPS) is 18.9. The van der Waals surface area contributed by atoms with Gasteiger partial charge in [0.25, 0.3) is 0 Å². The minimum Gasteiger partial charge on any atom is -0.444 e. The van der Waals surface area contributed by atoms with Crippen molar-refractivity contribution < 1.29 is 9.53 Å². The first kappa shape index (κ1) is 11.3. The zero-order valence-electron chi connectivity index (χ0n) is 9.46. The van der Waals surface area contributed by atoms with E-state index in [1.54, 1.807) is 11.9 Å². The molecule has 0 bridgehead atoms. The Balaban J connectivity index is 2.37. The third-order valence-corrected chi connectivity index (χ3v) is 2.15. The summed E-state index contributed by atoms with van der Waals surface area (Å²) in [4.78, 5) is 13.1. The number of nitrogens with two attached hydrogens (primary N) is 1. The lowest BCUT2D eigenvalue weighted by molar-refractivity contribution is 0.0284. The summed E-state index contributed by atoms with van der Waals surface area (Å²) < 4.78 is 5.20. The summed E-state index contributed by atoms with van der Waals surface area (Å²) >= 11 is 0. The van der Waals surface area contributed by atoms with Gasteiger partial charge in [-0.15, -0.1) is 0 Å². The van der Waals surface area contributed by atoms with Crippen molar-refractivity contribution in [2.45, 2.75) is 44.8 Å². The van der Waals surface area contributed by atoms with Crippen LogP contribution in [0.5, 0.6) is 0 Å². The Labute approximate surface area is 85.4 Å². The minimum atomic E-state index is -0.434. The van der Waals surface area contributed by atoms with Crippen LogP contribution in [0, 0.1) is 0 Å². The van der Waals surface area contributed by atoms with Gasteiger partial charge in [0.2, 0.25) is 0 Å². The Kier molecular flexibility index (Phi) is 2.76. The molecule has 1 aliphatic rings. The van der Waals surface area contributed by atoms with E-state index in [-0.39, 0.29) is 11.6 Å². The highest BCUT2D eigenvalue weighted by atomic mass is 16.6. The lowest BCUT2D eigenvalue weighted by atomic mass is 10.2. The smallest absolute Gasteiger partial charge is 0.410 e. The number of amides is 1. The molecule has 0 spiro atoms. The molecule has 0 atom stereocenters. The van der Waals surface area contributed by atoms with Gasteiger partial charge < -0.3 is 15.4 Å². The summed E-state index contributed by atoms with van der Waals surface area (Å²) in [5, 5.41) is 0. The molecule has 0 aromatic rings. The highest BCUT2D eigenvalue weighted by Crippen LogP contribution is 2.32. The van der Waals surface area contributed by atoms with Crippen LogP contribution >= 0.6 is 0 Å². The van der Waals surface area contributed by atoms with E-state index < -0.39 is 5.60 Å². The van der Waals surface area contributed by atoms with Crippen molar-refractivity contribution in [1.29, 1.82) is 0 Å². The largest absolute Gasteiger partial charge is 0.444 e. The average molecular weight is 200 g/mol. The SMILES string of the molecule is CN(CC1(N)CC1)C(=O)OC(C)(C)C. The predicted molar refractivity (Wildman–Crippen MR) is 55.0 cm³/mol. The number of hydrogen-bond acceptors (Lipinski definition) is 3. The van der Waals surface area contributed by atoms with E-state index in [2.05, 4.69) is 0 Å². The highest BCUT2D eigenvalue weighted by Gasteiger charge is 2.40. The van der Waals surface area contributed by atoms with Crippen LogP contribution in [0.15, 0.2) is 0 Å². The summed E-state index contributed by atoms with van der Waals surface area (Å²) in [5.41, 5.74) is 5.32. The third-order valence-electron chi connectivity index (χ3n) is 2.15. The molecule has 0 aliphatic heterocycles. The van der Waals surface area contributed by atoms with Gasteiger partial charge in [0.1, 0.15) is 5.60 Å². The first-order valence-electron chi connectivity index (χ1n) is 4.95. The quantitative estimate of drug-likeness (QED) is 0.732. The Morgan fingerprint density at radius 1 is 1.50 bits per heavy atom. The summed E-state index contributed by atoms with van der Waals surface area (Å²) in [6, 6.07) is 0. The number of likely N-dealkylation sites (N-methyl/N-ethyl adjacent to an activating group) is 1. The Hall–Kier alpha value is -0.770. The molecule has 1 amide bonds. The van der Waals surface area contributed by atoms with E-state index in [1.165, 1.54) is 0 Å². The fourth-order valence-electron chi connectivity index (χ4n) is 1.20. The van der Waals surface area contributed by atoms with Crippen molar-refractivity contribution in [3.63, 3.8) is 0 Å². The van der Waals surface area contributed by atoms with E-state index in [9.17, 15) is 4.79 Å². The molecule has 2 N–H and O–H groups in total. The fourth-order valence-corrected chi connectivity index (χ4v) is 1.20. The molecule has 0 aromatic heterocycles. The number of hydrogen-bond donors (Lipinski definition) is 1. The van der Waals surface area contributed by atoms with Gasteiger partial charge in [-0.05, 0) is 33.6 Å². The number of carbonyl (C=O) groups is 1. The summed E-state index contributed by atoms with van der Waals surface area (Å²) in [5.74, 6) is 0. The second-order valence-electron chi connectivity index (χ2n) is 5.20. The maximum absolute atomic E-state index is 11.5. The second-order valence-corrected chi connectivity index (χ2v) is 5.20. The lowest BCUT2D eigenvalue weighted by Crippen LogP contribution is -2.42. The molecule has 0 aromatic carbocycles. The van der Waals surface area contributed by atoms with E-state index in [0.717, 1.165) is 12.8 Å². The van der Waals surface area contributed by atoms with Crippen LogP contribution in [0.4, 0.5) is 4.79 Å². The van der Waals surface area contributed by atoms with Gasteiger partial charge in [-0.3, -0.25) is 0 Å². The van der Waals surface area contributed by atoms with Crippen molar-refractivity contribution in [3.8, 4) is 0 Å². The molecule has 0 radical (unpaired) electrons. The average Bonchev–Trinajstić information content (AvgIpc) is 2.63. The summed E-state index contributed by atoms with van der Waals surface area (Å²) in [6.07, 6.45) is 1.70. The standard InChI is InChI=1S/C10H20N2O2/c1-9(2,3)14-8(13)12(4)7-10(11)5-6-10/h5-7,11H2,1-4H3. The monoisotopic (exact) mass is 200 g/mol. The molecule has 0 unspecified atom stereocenters. The summed E-state index contributed by atoms with van der Waals surface area (Å²) in [7, 11) is 1.72. The molecule has 1 saturated carbocycles. The molecule has 1 aliphatic carbocycles. The maximum atomic E-state index is 11.5. The molecule has 14 heavy (non-hydrogen) atoms. The maximum Gasteiger partial charge on any atom is 0.410 e. The molecule has 0 heterocycles. The first-order valence-corrected chi connectivity index (χ1v) is 4.95. The van der Waals surface area contributed by atoms with Crippen molar-refractivity contribution in [2.24, 2.45) is 5.73 Å². The topological polar surface area (TPSA) is 55.6 Å². The molecule has 1 rings (SSSR count). The predicted octanol–water partition coefficient (Wildman–Crippen LogP) is 1.34. The van der Waals surface area contributed by atoms with Crippen LogP contribution in [0.1, 0.15) is 33.6 Å². The van der Waals surface area contributed by atoms with E-state index in [4.69, 9.17) is 10.5 Å². The number of ether oxygens (including phenoxy) is 1. The molecule has 4 heteroatoms. The van der Waals surface area contributed by atoms with E-state index >= 15 is 0 Å². The van der Waals surface area contributed by atoms with Crippen LogP contribution in [-0.4, -0.2) is 35.7 Å². The molecule has 1 fully saturated rings. The van der Waals surface area contributed by atoms with Crippen LogP contribution in [0.2, 0.25) is 0 Å². The van der Waals surface area contributed by atoms with Gasteiger partial charge in [-0.2, -0.15) is 0 Å². The van der Waals surface area contributed by atoms with Crippen molar-refractivity contribution in [1.82, 2.24) is 4.90 Å². The van der Waals surface area contributed by atoms with E-state index in [1.807, 2.05) is 20.8 Å². The van der Waals surface area contributed by atoms with Crippen LogP contribution in [0.3, 0.4) is 0 Å². The zero-order valence-corrected chi connectivity index (χ0v) is 9.46. The molecule has 4 nitrogen and oxygen atoms in total. The Morgan fingerprint density at radius 2 is 2.00 bits per heavy atom. The molecule has 82 valence electrons. The number of nitrogens with zero attached hydrogens (tertiary/aromatic N) is 1. The van der Waals surface area contributed by atoms with E-state index in [0.29, 0.717) is 6.54 Å². The molecular formula is C10H20N2O2. The van der Waals surface area contributed by atoms with Gasteiger partial charge in [-0.1, -0.05) is 0 Å². The third kappa shape index (κ3) is 3.54. The number of rotatable bonds is 2. The second kappa shape index (κ2) is 3.42. The molecule has 0 saturated heterocycles. The summed E-state index contributed by atoms with van der Waals surface area (Å²) in [6.45, 7) is 6.15. The van der Waals surface area contributed by atoms with Gasteiger partial charge in [0.15, 0.2) is 0 Å². The fraction of sp³-hybridized carbons (Fsp3) is 0.900. The van der Waals surface area contributed by atoms with Crippen molar-refractivity contribution in [2.75, 3.05) is 13.6 Å². The van der Waals surface area contributed by atoms with Crippen molar-refractivity contribution in [3.05, 3.63) is 0 Å². The highest BCUT2D eigenvalue weighted by molar-refractivity contribution is 5.67. The van der Waals surface area contributed by atoms with Crippen molar-refractivity contribution >= 4 is 6.09 Å². The van der Waals surface area contributed by atoms with Crippen LogP contribution in [0.25, 0.3) is 0 Å². The van der Waals surface area contributed by atoms with Gasteiger partial charge in [-0.25, -0.2) is 4.79 Å². The van der Waals surface area contributed by atoms with Gasteiger partial charge in [0.05, 0.1) is 0 Å².